The first kappa shape index (κ1) is 16.0. The number of rotatable bonds is 6. The molecule has 22 heavy (non-hydrogen) atoms. The quantitative estimate of drug-likeness (QED) is 0.867. The van der Waals surface area contributed by atoms with Gasteiger partial charge in [-0.3, -0.25) is 0 Å². The summed E-state index contributed by atoms with van der Waals surface area (Å²) in [5, 5.41) is 3.40. The summed E-state index contributed by atoms with van der Waals surface area (Å²) in [5.41, 5.74) is 1.25. The first-order valence-electron chi connectivity index (χ1n) is 8.20. The molecule has 0 saturated carbocycles. The first-order chi connectivity index (χ1) is 10.9. The third-order valence-corrected chi connectivity index (χ3v) is 5.48. The predicted molar refractivity (Wildman–Crippen MR) is 92.4 cm³/mol. The minimum atomic E-state index is 0.335. The van der Waals surface area contributed by atoms with E-state index in [1.54, 1.807) is 7.11 Å². The number of thioether (sulfide) groups is 1. The van der Waals surface area contributed by atoms with Gasteiger partial charge in [0, 0.05) is 38.5 Å². The molecule has 0 bridgehead atoms. The summed E-state index contributed by atoms with van der Waals surface area (Å²) in [7, 11) is 1.75. The zero-order chi connectivity index (χ0) is 15.2. The molecule has 0 aliphatic carbocycles. The number of ether oxygens (including phenoxy) is 2. The van der Waals surface area contributed by atoms with Crippen LogP contribution in [0.4, 0.5) is 0 Å². The summed E-state index contributed by atoms with van der Waals surface area (Å²) in [6.07, 6.45) is 2.49. The Kier molecular flexibility index (Phi) is 5.87. The average molecular weight is 322 g/mol. The van der Waals surface area contributed by atoms with Crippen LogP contribution in [-0.4, -0.2) is 62.3 Å². The fraction of sp³-hybridized carbons (Fsp3) is 0.647. The Balaban J connectivity index is 1.64. The van der Waals surface area contributed by atoms with Crippen LogP contribution < -0.4 is 14.8 Å². The van der Waals surface area contributed by atoms with Gasteiger partial charge in [-0.1, -0.05) is 12.1 Å². The Morgan fingerprint density at radius 1 is 1.32 bits per heavy atom. The molecule has 2 heterocycles. The van der Waals surface area contributed by atoms with Crippen LogP contribution in [-0.2, 0) is 6.42 Å². The molecule has 1 N–H and O–H groups in total. The molecule has 5 heteroatoms. The minimum Gasteiger partial charge on any atom is -0.493 e. The van der Waals surface area contributed by atoms with Crippen molar-refractivity contribution in [1.82, 2.24) is 10.2 Å². The zero-order valence-electron chi connectivity index (χ0n) is 13.3. The maximum Gasteiger partial charge on any atom is 0.163 e. The number of benzene rings is 1. The van der Waals surface area contributed by atoms with Crippen LogP contribution in [0.1, 0.15) is 12.0 Å². The molecule has 2 aliphatic rings. The highest BCUT2D eigenvalue weighted by Gasteiger charge is 2.20. The lowest BCUT2D eigenvalue weighted by molar-refractivity contribution is 0.217. The molecule has 122 valence electrons. The Labute approximate surface area is 137 Å². The van der Waals surface area contributed by atoms with Gasteiger partial charge < -0.3 is 19.7 Å². The van der Waals surface area contributed by atoms with Crippen molar-refractivity contribution in [1.29, 1.82) is 0 Å². The average Bonchev–Trinajstić information content (AvgIpc) is 3.07. The van der Waals surface area contributed by atoms with Gasteiger partial charge >= 0.3 is 0 Å². The highest BCUT2D eigenvalue weighted by molar-refractivity contribution is 7.99. The van der Waals surface area contributed by atoms with Crippen molar-refractivity contribution < 1.29 is 9.47 Å². The van der Waals surface area contributed by atoms with E-state index in [9.17, 15) is 0 Å². The van der Waals surface area contributed by atoms with Crippen LogP contribution in [0.2, 0.25) is 0 Å². The summed E-state index contributed by atoms with van der Waals surface area (Å²) < 4.78 is 11.8. The molecule has 2 aliphatic heterocycles. The highest BCUT2D eigenvalue weighted by Crippen LogP contribution is 2.34. The van der Waals surface area contributed by atoms with Crippen molar-refractivity contribution in [3.05, 3.63) is 23.8 Å². The van der Waals surface area contributed by atoms with Crippen molar-refractivity contribution in [3.8, 4) is 11.5 Å². The van der Waals surface area contributed by atoms with E-state index in [-0.39, 0.29) is 0 Å². The molecule has 0 spiro atoms. The van der Waals surface area contributed by atoms with E-state index in [1.165, 1.54) is 11.3 Å². The number of hydrogen-bond acceptors (Lipinski definition) is 5. The van der Waals surface area contributed by atoms with E-state index < -0.39 is 0 Å². The molecule has 0 radical (unpaired) electrons. The molecular formula is C17H26N2O2S. The molecule has 2 saturated heterocycles. The van der Waals surface area contributed by atoms with Crippen LogP contribution >= 0.6 is 11.8 Å². The Hall–Kier alpha value is -0.910. The van der Waals surface area contributed by atoms with Gasteiger partial charge in [0.1, 0.15) is 6.10 Å². The topological polar surface area (TPSA) is 33.7 Å². The van der Waals surface area contributed by atoms with Crippen molar-refractivity contribution in [2.75, 3.05) is 51.3 Å². The van der Waals surface area contributed by atoms with Crippen molar-refractivity contribution in [3.63, 3.8) is 0 Å². The highest BCUT2D eigenvalue weighted by atomic mass is 32.2. The maximum atomic E-state index is 6.16. The van der Waals surface area contributed by atoms with E-state index in [4.69, 9.17) is 9.47 Å². The minimum absolute atomic E-state index is 0.335. The van der Waals surface area contributed by atoms with Crippen LogP contribution in [0.15, 0.2) is 18.2 Å². The van der Waals surface area contributed by atoms with Crippen molar-refractivity contribution in [2.24, 2.45) is 0 Å². The fourth-order valence-electron chi connectivity index (χ4n) is 3.08. The van der Waals surface area contributed by atoms with Gasteiger partial charge in [-0.2, -0.15) is 11.8 Å². The molecule has 0 amide bonds. The number of para-hydroxylation sites is 1. The van der Waals surface area contributed by atoms with Crippen LogP contribution in [0.5, 0.6) is 11.5 Å². The lowest BCUT2D eigenvalue weighted by Crippen LogP contribution is -2.44. The second-order valence-corrected chi connectivity index (χ2v) is 7.04. The lowest BCUT2D eigenvalue weighted by Gasteiger charge is -2.27. The van der Waals surface area contributed by atoms with Gasteiger partial charge in [0.25, 0.3) is 0 Å². The van der Waals surface area contributed by atoms with Gasteiger partial charge in [-0.05, 0) is 30.2 Å². The monoisotopic (exact) mass is 322 g/mol. The SMILES string of the molecule is COc1c(CCN2CCNCC2)cccc1OC1CCSC1. The van der Waals surface area contributed by atoms with E-state index in [0.29, 0.717) is 6.10 Å². The summed E-state index contributed by atoms with van der Waals surface area (Å²) >= 11 is 1.97. The number of nitrogens with zero attached hydrogens (tertiary/aromatic N) is 1. The Morgan fingerprint density at radius 2 is 2.18 bits per heavy atom. The normalized spacial score (nSPS) is 22.7. The van der Waals surface area contributed by atoms with Crippen LogP contribution in [0.3, 0.4) is 0 Å². The summed E-state index contributed by atoms with van der Waals surface area (Å²) in [6.45, 7) is 5.55. The molecule has 0 aromatic heterocycles. The van der Waals surface area contributed by atoms with Gasteiger partial charge in [-0.15, -0.1) is 0 Å². The molecule has 1 atom stereocenters. The maximum absolute atomic E-state index is 6.16. The standard InChI is InChI=1S/C17H26N2O2S/c1-20-17-14(5-9-19-10-7-18-8-11-19)3-2-4-16(17)21-15-6-12-22-13-15/h2-4,15,18H,5-13H2,1H3. The molecule has 1 unspecified atom stereocenters. The smallest absolute Gasteiger partial charge is 0.163 e. The van der Waals surface area contributed by atoms with Crippen LogP contribution in [0, 0.1) is 0 Å². The first-order valence-corrected chi connectivity index (χ1v) is 9.35. The largest absolute Gasteiger partial charge is 0.493 e. The third-order valence-electron chi connectivity index (χ3n) is 4.35. The lowest BCUT2D eigenvalue weighted by atomic mass is 10.1. The Morgan fingerprint density at radius 3 is 2.91 bits per heavy atom. The fourth-order valence-corrected chi connectivity index (χ4v) is 4.18. The van der Waals surface area contributed by atoms with Crippen molar-refractivity contribution >= 4 is 11.8 Å². The third kappa shape index (κ3) is 4.09. The molecule has 1 aromatic rings. The number of methoxy groups -OCH3 is 1. The van der Waals surface area contributed by atoms with Gasteiger partial charge in [0.05, 0.1) is 7.11 Å². The number of hydrogen-bond donors (Lipinski definition) is 1. The van der Waals surface area contributed by atoms with Crippen LogP contribution in [0.25, 0.3) is 0 Å². The van der Waals surface area contributed by atoms with Gasteiger partial charge in [0.15, 0.2) is 11.5 Å². The van der Waals surface area contributed by atoms with Gasteiger partial charge in [0.2, 0.25) is 0 Å². The second-order valence-electron chi connectivity index (χ2n) is 5.89. The summed E-state index contributed by atoms with van der Waals surface area (Å²) in [4.78, 5) is 2.51. The summed E-state index contributed by atoms with van der Waals surface area (Å²) in [6, 6.07) is 6.29. The van der Waals surface area contributed by atoms with Gasteiger partial charge in [-0.25, -0.2) is 0 Å². The van der Waals surface area contributed by atoms with E-state index in [1.807, 2.05) is 17.8 Å². The Bertz CT molecular complexity index is 472. The van der Waals surface area contributed by atoms with Crippen molar-refractivity contribution in [2.45, 2.75) is 18.9 Å². The molecular weight excluding hydrogens is 296 g/mol. The molecule has 2 fully saturated rings. The number of nitrogens with one attached hydrogen (secondary N) is 1. The molecule has 1 aromatic carbocycles. The number of piperazine rings is 1. The molecule has 4 nitrogen and oxygen atoms in total. The zero-order valence-corrected chi connectivity index (χ0v) is 14.2. The van der Waals surface area contributed by atoms with E-state index >= 15 is 0 Å². The van der Waals surface area contributed by atoms with E-state index in [0.717, 1.165) is 62.8 Å². The summed E-state index contributed by atoms with van der Waals surface area (Å²) in [5.74, 6) is 4.13. The van der Waals surface area contributed by atoms with E-state index in [2.05, 4.69) is 22.3 Å². The molecule has 3 rings (SSSR count). The predicted octanol–water partition coefficient (Wildman–Crippen LogP) is 2.03. The second kappa shape index (κ2) is 8.09.